The van der Waals surface area contributed by atoms with Gasteiger partial charge in [0.05, 0.1) is 17.3 Å². The van der Waals surface area contributed by atoms with E-state index in [-0.39, 0.29) is 12.5 Å². The van der Waals surface area contributed by atoms with Crippen LogP contribution in [0.2, 0.25) is 0 Å². The van der Waals surface area contributed by atoms with E-state index in [1.165, 1.54) is 30.9 Å². The predicted octanol–water partition coefficient (Wildman–Crippen LogP) is 1.88. The minimum absolute atomic E-state index is 0.178. The lowest BCUT2D eigenvalue weighted by Crippen LogP contribution is -2.21. The lowest BCUT2D eigenvalue weighted by Gasteiger charge is -2.12. The number of aliphatic hydroxyl groups excluding tert-OH is 1. The average molecular weight is 240 g/mol. The zero-order valence-corrected chi connectivity index (χ0v) is 10.7. The molecule has 0 saturated carbocycles. The molecule has 1 saturated heterocycles. The number of aromatic nitrogens is 1. The molecule has 1 aromatic rings. The van der Waals surface area contributed by atoms with Gasteiger partial charge in [-0.05, 0) is 25.9 Å². The summed E-state index contributed by atoms with van der Waals surface area (Å²) in [5.74, 6) is 0.178. The quantitative estimate of drug-likeness (QED) is 0.853. The summed E-state index contributed by atoms with van der Waals surface area (Å²) in [6, 6.07) is 0. The summed E-state index contributed by atoms with van der Waals surface area (Å²) in [5.41, 5.74) is 1.05. The first-order valence-electron chi connectivity index (χ1n) is 6.07. The van der Waals surface area contributed by atoms with Gasteiger partial charge >= 0.3 is 0 Å². The van der Waals surface area contributed by atoms with Gasteiger partial charge in [-0.1, -0.05) is 6.92 Å². The number of rotatable bonds is 5. The van der Waals surface area contributed by atoms with E-state index in [9.17, 15) is 0 Å². The molecule has 2 rings (SSSR count). The molecule has 2 heterocycles. The summed E-state index contributed by atoms with van der Waals surface area (Å²) >= 11 is 1.73. The third-order valence-electron chi connectivity index (χ3n) is 3.19. The molecule has 0 aliphatic carbocycles. The Morgan fingerprint density at radius 2 is 2.25 bits per heavy atom. The van der Waals surface area contributed by atoms with Gasteiger partial charge in [0.15, 0.2) is 0 Å². The molecule has 16 heavy (non-hydrogen) atoms. The van der Waals surface area contributed by atoms with Crippen LogP contribution in [0.4, 0.5) is 0 Å². The zero-order valence-electron chi connectivity index (χ0n) is 9.85. The van der Waals surface area contributed by atoms with Gasteiger partial charge in [0.1, 0.15) is 0 Å². The van der Waals surface area contributed by atoms with Gasteiger partial charge < -0.3 is 10.0 Å². The number of hydrogen-bond donors (Lipinski definition) is 1. The summed E-state index contributed by atoms with van der Waals surface area (Å²) in [7, 11) is 0. The Morgan fingerprint density at radius 3 is 2.94 bits per heavy atom. The fourth-order valence-corrected chi connectivity index (χ4v) is 2.93. The number of nitrogens with zero attached hydrogens (tertiary/aromatic N) is 2. The Balaban J connectivity index is 1.82. The number of likely N-dealkylation sites (tertiary alicyclic amines) is 1. The van der Waals surface area contributed by atoms with E-state index in [1.54, 1.807) is 11.3 Å². The van der Waals surface area contributed by atoms with E-state index in [1.807, 2.05) is 6.92 Å². The van der Waals surface area contributed by atoms with E-state index < -0.39 is 0 Å². The molecule has 3 nitrogen and oxygen atoms in total. The first-order chi connectivity index (χ1) is 7.79. The van der Waals surface area contributed by atoms with Crippen LogP contribution in [0.5, 0.6) is 0 Å². The molecule has 1 aliphatic rings. The van der Waals surface area contributed by atoms with E-state index in [0.29, 0.717) is 0 Å². The van der Waals surface area contributed by atoms with Crippen molar-refractivity contribution in [1.29, 1.82) is 0 Å². The monoisotopic (exact) mass is 240 g/mol. The van der Waals surface area contributed by atoms with Crippen LogP contribution in [-0.4, -0.2) is 41.2 Å². The molecule has 0 aromatic carbocycles. The van der Waals surface area contributed by atoms with Gasteiger partial charge in [-0.2, -0.15) is 0 Å². The second-order valence-corrected chi connectivity index (χ2v) is 5.49. The van der Waals surface area contributed by atoms with Crippen molar-refractivity contribution in [2.75, 3.05) is 26.2 Å². The molecular formula is C12H20N2OS. The Kier molecular flexibility index (Phi) is 4.32. The van der Waals surface area contributed by atoms with Gasteiger partial charge in [-0.25, -0.2) is 4.98 Å². The molecule has 0 amide bonds. The summed E-state index contributed by atoms with van der Waals surface area (Å²) in [5, 5.41) is 12.4. The lowest BCUT2D eigenvalue weighted by atomic mass is 10.1. The highest BCUT2D eigenvalue weighted by Gasteiger charge is 2.13. The van der Waals surface area contributed by atoms with Crippen molar-refractivity contribution in [3.8, 4) is 0 Å². The lowest BCUT2D eigenvalue weighted by molar-refractivity contribution is 0.271. The van der Waals surface area contributed by atoms with Crippen molar-refractivity contribution in [2.45, 2.75) is 32.1 Å². The highest BCUT2D eigenvalue weighted by molar-refractivity contribution is 7.09. The fraction of sp³-hybridized carbons (Fsp3) is 0.750. The molecule has 1 fully saturated rings. The van der Waals surface area contributed by atoms with Gasteiger partial charge in [0, 0.05) is 24.3 Å². The highest BCUT2D eigenvalue weighted by Crippen LogP contribution is 2.19. The van der Waals surface area contributed by atoms with Crippen molar-refractivity contribution in [2.24, 2.45) is 0 Å². The van der Waals surface area contributed by atoms with Crippen molar-refractivity contribution in [3.63, 3.8) is 0 Å². The van der Waals surface area contributed by atoms with Crippen LogP contribution in [0.15, 0.2) is 5.38 Å². The van der Waals surface area contributed by atoms with Gasteiger partial charge in [0.2, 0.25) is 0 Å². The van der Waals surface area contributed by atoms with Crippen molar-refractivity contribution < 1.29 is 5.11 Å². The fourth-order valence-electron chi connectivity index (χ4n) is 2.02. The van der Waals surface area contributed by atoms with Crippen LogP contribution < -0.4 is 0 Å². The first-order valence-corrected chi connectivity index (χ1v) is 6.95. The largest absolute Gasteiger partial charge is 0.396 e. The van der Waals surface area contributed by atoms with E-state index in [0.717, 1.165) is 18.7 Å². The van der Waals surface area contributed by atoms with Crippen LogP contribution in [-0.2, 0) is 6.42 Å². The van der Waals surface area contributed by atoms with E-state index in [2.05, 4.69) is 15.3 Å². The standard InChI is InChI=1S/C12H20N2OS/c1-10(8-15)11-9-16-12(13-11)4-7-14-5-2-3-6-14/h9-10,15H,2-8H2,1H3. The van der Waals surface area contributed by atoms with E-state index >= 15 is 0 Å². The molecule has 1 N–H and O–H groups in total. The third-order valence-corrected chi connectivity index (χ3v) is 4.12. The van der Waals surface area contributed by atoms with Crippen LogP contribution in [0.3, 0.4) is 0 Å². The molecule has 1 atom stereocenters. The summed E-state index contributed by atoms with van der Waals surface area (Å²) < 4.78 is 0. The molecule has 0 spiro atoms. The molecule has 1 unspecified atom stereocenters. The maximum Gasteiger partial charge on any atom is 0.0941 e. The number of hydrogen-bond acceptors (Lipinski definition) is 4. The minimum Gasteiger partial charge on any atom is -0.396 e. The summed E-state index contributed by atoms with van der Waals surface area (Å²) in [6.07, 6.45) is 3.76. The predicted molar refractivity (Wildman–Crippen MR) is 67.0 cm³/mol. The van der Waals surface area contributed by atoms with Gasteiger partial charge in [0.25, 0.3) is 0 Å². The normalized spacial score (nSPS) is 19.1. The van der Waals surface area contributed by atoms with Gasteiger partial charge in [-0.15, -0.1) is 11.3 Å². The second kappa shape index (κ2) is 5.75. The topological polar surface area (TPSA) is 36.4 Å². The molecule has 0 bridgehead atoms. The minimum atomic E-state index is 0.178. The SMILES string of the molecule is CC(CO)c1csc(CCN2CCCC2)n1. The Labute approximate surface area is 101 Å². The van der Waals surface area contributed by atoms with Crippen molar-refractivity contribution >= 4 is 11.3 Å². The molecule has 0 radical (unpaired) electrons. The Bertz CT molecular complexity index is 321. The van der Waals surface area contributed by atoms with Crippen molar-refractivity contribution in [3.05, 3.63) is 16.1 Å². The van der Waals surface area contributed by atoms with Crippen LogP contribution in [0, 0.1) is 0 Å². The van der Waals surface area contributed by atoms with Crippen LogP contribution >= 0.6 is 11.3 Å². The Morgan fingerprint density at radius 1 is 1.50 bits per heavy atom. The first kappa shape index (κ1) is 12.0. The van der Waals surface area contributed by atoms with E-state index in [4.69, 9.17) is 5.11 Å². The van der Waals surface area contributed by atoms with Crippen molar-refractivity contribution in [1.82, 2.24) is 9.88 Å². The zero-order chi connectivity index (χ0) is 11.4. The number of aliphatic hydroxyl groups is 1. The molecular weight excluding hydrogens is 220 g/mol. The maximum absolute atomic E-state index is 9.06. The molecule has 1 aromatic heterocycles. The molecule has 4 heteroatoms. The average Bonchev–Trinajstić information content (AvgIpc) is 2.96. The maximum atomic E-state index is 9.06. The smallest absolute Gasteiger partial charge is 0.0941 e. The van der Waals surface area contributed by atoms with Crippen LogP contribution in [0.25, 0.3) is 0 Å². The molecule has 1 aliphatic heterocycles. The molecule has 90 valence electrons. The van der Waals surface area contributed by atoms with Gasteiger partial charge in [-0.3, -0.25) is 0 Å². The Hall–Kier alpha value is -0.450. The highest BCUT2D eigenvalue weighted by atomic mass is 32.1. The second-order valence-electron chi connectivity index (χ2n) is 4.55. The summed E-state index contributed by atoms with van der Waals surface area (Å²) in [4.78, 5) is 7.08. The van der Waals surface area contributed by atoms with Crippen LogP contribution in [0.1, 0.15) is 36.4 Å². The number of thiazole rings is 1. The third kappa shape index (κ3) is 3.03. The summed E-state index contributed by atoms with van der Waals surface area (Å²) in [6.45, 7) is 5.85.